The first-order chi connectivity index (χ1) is 13.6. The minimum absolute atomic E-state index is 0.0407. The Bertz CT molecular complexity index is 1240. The third kappa shape index (κ3) is 2.78. The number of aryl methyl sites for hydroxylation is 1. The van der Waals surface area contributed by atoms with E-state index in [4.69, 9.17) is 0 Å². The van der Waals surface area contributed by atoms with Crippen LogP contribution in [-0.2, 0) is 12.8 Å². The molecule has 0 heterocycles. The maximum Gasteiger partial charge on any atom is 0.169 e. The average molecular weight is 372 g/mol. The van der Waals surface area contributed by atoms with Crippen LogP contribution in [0.2, 0.25) is 0 Å². The molecule has 5 rings (SSSR count). The first-order valence-electron chi connectivity index (χ1n) is 9.53. The van der Waals surface area contributed by atoms with E-state index in [2.05, 4.69) is 18.2 Å². The molecule has 2 aliphatic carbocycles. The zero-order valence-electron chi connectivity index (χ0n) is 15.2. The molecule has 0 fully saturated rings. The summed E-state index contributed by atoms with van der Waals surface area (Å²) in [5.41, 5.74) is 4.75. The van der Waals surface area contributed by atoms with Crippen LogP contribution in [0.4, 0.5) is 8.78 Å². The molecule has 2 aliphatic rings. The summed E-state index contributed by atoms with van der Waals surface area (Å²) in [6, 6.07) is 15.0. The Labute approximate surface area is 161 Å². The van der Waals surface area contributed by atoms with Crippen LogP contribution < -0.4 is 10.4 Å². The lowest BCUT2D eigenvalue weighted by molar-refractivity contribution is 0.0946. The summed E-state index contributed by atoms with van der Waals surface area (Å²) in [4.78, 5) is 12.9. The van der Waals surface area contributed by atoms with Gasteiger partial charge in [0.1, 0.15) is 11.6 Å². The highest BCUT2D eigenvalue weighted by molar-refractivity contribution is 6.01. The average Bonchev–Trinajstić information content (AvgIpc) is 2.72. The number of hydrogen-bond donors (Lipinski definition) is 0. The van der Waals surface area contributed by atoms with Gasteiger partial charge in [0.15, 0.2) is 5.78 Å². The molecule has 1 unspecified atom stereocenters. The van der Waals surface area contributed by atoms with E-state index in [1.165, 1.54) is 23.8 Å². The maximum atomic E-state index is 13.6. The molecule has 0 saturated heterocycles. The Balaban J connectivity index is 1.63. The SMILES string of the molecule is O=C(c1cccc(F)c1)C1C=c2c(ccc3c2=CCc2cc(F)ccc2-3)CC1. The van der Waals surface area contributed by atoms with Crippen molar-refractivity contribution < 1.29 is 13.6 Å². The van der Waals surface area contributed by atoms with Gasteiger partial charge in [-0.3, -0.25) is 4.79 Å². The molecule has 3 aromatic rings. The van der Waals surface area contributed by atoms with Crippen molar-refractivity contribution in [1.82, 2.24) is 0 Å². The molecule has 3 heteroatoms. The highest BCUT2D eigenvalue weighted by Crippen LogP contribution is 2.27. The summed E-state index contributed by atoms with van der Waals surface area (Å²) in [5.74, 6) is -0.915. The van der Waals surface area contributed by atoms with Gasteiger partial charge >= 0.3 is 0 Å². The van der Waals surface area contributed by atoms with Gasteiger partial charge in [-0.15, -0.1) is 0 Å². The van der Waals surface area contributed by atoms with Crippen LogP contribution in [0.25, 0.3) is 23.3 Å². The van der Waals surface area contributed by atoms with E-state index in [-0.39, 0.29) is 17.5 Å². The fraction of sp³-hybridized carbons (Fsp3) is 0.160. The number of ketones is 1. The van der Waals surface area contributed by atoms with Gasteiger partial charge in [0, 0.05) is 11.5 Å². The molecule has 0 aromatic heterocycles. The Morgan fingerprint density at radius 3 is 2.54 bits per heavy atom. The van der Waals surface area contributed by atoms with Gasteiger partial charge in [0.25, 0.3) is 0 Å². The first-order valence-corrected chi connectivity index (χ1v) is 9.53. The molecule has 3 aromatic carbocycles. The number of carbonyl (C=O) groups excluding carboxylic acids is 1. The molecule has 0 amide bonds. The van der Waals surface area contributed by atoms with Gasteiger partial charge in [0.05, 0.1) is 0 Å². The van der Waals surface area contributed by atoms with E-state index in [1.54, 1.807) is 18.2 Å². The molecule has 0 spiro atoms. The zero-order valence-corrected chi connectivity index (χ0v) is 15.2. The van der Waals surface area contributed by atoms with E-state index in [0.29, 0.717) is 12.0 Å². The lowest BCUT2D eigenvalue weighted by Crippen LogP contribution is -2.37. The van der Waals surface area contributed by atoms with Crippen LogP contribution in [-0.4, -0.2) is 5.78 Å². The lowest BCUT2D eigenvalue weighted by Gasteiger charge is -2.21. The number of rotatable bonds is 2. The molecule has 0 saturated carbocycles. The summed E-state index contributed by atoms with van der Waals surface area (Å²) < 4.78 is 27.1. The minimum Gasteiger partial charge on any atom is -0.294 e. The fourth-order valence-electron chi connectivity index (χ4n) is 4.42. The van der Waals surface area contributed by atoms with Gasteiger partial charge in [0.2, 0.25) is 0 Å². The molecular formula is C25H18F2O. The summed E-state index contributed by atoms with van der Waals surface area (Å²) >= 11 is 0. The summed E-state index contributed by atoms with van der Waals surface area (Å²) in [5, 5.41) is 2.21. The Morgan fingerprint density at radius 1 is 0.857 bits per heavy atom. The normalized spacial score (nSPS) is 16.9. The van der Waals surface area contributed by atoms with Crippen molar-refractivity contribution in [1.29, 1.82) is 0 Å². The number of fused-ring (bicyclic) bond motifs is 5. The monoisotopic (exact) mass is 372 g/mol. The lowest BCUT2D eigenvalue weighted by atomic mass is 9.82. The third-order valence-electron chi connectivity index (χ3n) is 5.80. The van der Waals surface area contributed by atoms with Crippen molar-refractivity contribution in [3.8, 4) is 11.1 Å². The van der Waals surface area contributed by atoms with Crippen LogP contribution in [0.5, 0.6) is 0 Å². The first kappa shape index (κ1) is 17.1. The molecule has 138 valence electrons. The Hall–Kier alpha value is -3.07. The van der Waals surface area contributed by atoms with E-state index in [0.717, 1.165) is 40.0 Å². The third-order valence-corrected chi connectivity index (χ3v) is 5.80. The molecule has 0 bridgehead atoms. The number of hydrogen-bond acceptors (Lipinski definition) is 1. The van der Waals surface area contributed by atoms with Crippen LogP contribution in [0.15, 0.2) is 54.6 Å². The van der Waals surface area contributed by atoms with Crippen LogP contribution in [0.1, 0.15) is 27.9 Å². The maximum absolute atomic E-state index is 13.6. The van der Waals surface area contributed by atoms with Gasteiger partial charge < -0.3 is 0 Å². The van der Waals surface area contributed by atoms with Crippen molar-refractivity contribution in [3.05, 3.63) is 93.4 Å². The predicted molar refractivity (Wildman–Crippen MR) is 106 cm³/mol. The number of carbonyl (C=O) groups is 1. The molecule has 0 radical (unpaired) electrons. The molecular weight excluding hydrogens is 354 g/mol. The molecule has 1 atom stereocenters. The number of halogens is 2. The molecule has 0 aliphatic heterocycles. The zero-order chi connectivity index (χ0) is 19.3. The van der Waals surface area contributed by atoms with Crippen molar-refractivity contribution in [3.63, 3.8) is 0 Å². The highest BCUT2D eigenvalue weighted by atomic mass is 19.1. The second-order valence-corrected chi connectivity index (χ2v) is 7.50. The molecule has 0 N–H and O–H groups in total. The molecule has 1 nitrogen and oxygen atoms in total. The second kappa shape index (κ2) is 6.52. The van der Waals surface area contributed by atoms with Gasteiger partial charge in [-0.1, -0.05) is 42.5 Å². The van der Waals surface area contributed by atoms with Gasteiger partial charge in [-0.05, 0) is 76.2 Å². The van der Waals surface area contributed by atoms with E-state index in [9.17, 15) is 13.6 Å². The van der Waals surface area contributed by atoms with Crippen LogP contribution >= 0.6 is 0 Å². The highest BCUT2D eigenvalue weighted by Gasteiger charge is 2.23. The topological polar surface area (TPSA) is 17.1 Å². The fourth-order valence-corrected chi connectivity index (χ4v) is 4.42. The number of Topliss-reactive ketones (excluding diaryl/α,β-unsaturated/α-hetero) is 1. The van der Waals surface area contributed by atoms with E-state index < -0.39 is 5.82 Å². The van der Waals surface area contributed by atoms with Gasteiger partial charge in [-0.25, -0.2) is 8.78 Å². The standard InChI is InChI=1S/C25H18F2O/c26-19-3-1-2-17(13-19)25(28)18-5-4-15-6-9-22-21-11-8-20(27)12-16(21)7-10-23(22)24(15)14-18/h1-3,6,8-14,18H,4-5,7H2. The van der Waals surface area contributed by atoms with Crippen LogP contribution in [0.3, 0.4) is 0 Å². The number of benzene rings is 3. The smallest absolute Gasteiger partial charge is 0.169 e. The summed E-state index contributed by atoms with van der Waals surface area (Å²) in [6.07, 6.45) is 6.38. The molecule has 28 heavy (non-hydrogen) atoms. The van der Waals surface area contributed by atoms with E-state index in [1.807, 2.05) is 12.1 Å². The second-order valence-electron chi connectivity index (χ2n) is 7.50. The Kier molecular flexibility index (Phi) is 3.97. The minimum atomic E-state index is -0.392. The summed E-state index contributed by atoms with van der Waals surface area (Å²) in [6.45, 7) is 0. The van der Waals surface area contributed by atoms with Crippen LogP contribution in [0, 0.1) is 17.6 Å². The van der Waals surface area contributed by atoms with Crippen molar-refractivity contribution in [2.75, 3.05) is 0 Å². The Morgan fingerprint density at radius 2 is 1.68 bits per heavy atom. The predicted octanol–water partition coefficient (Wildman–Crippen LogP) is 4.19. The van der Waals surface area contributed by atoms with E-state index >= 15 is 0 Å². The van der Waals surface area contributed by atoms with Crippen molar-refractivity contribution >= 4 is 17.9 Å². The van der Waals surface area contributed by atoms with Gasteiger partial charge in [-0.2, -0.15) is 0 Å². The quantitative estimate of drug-likeness (QED) is 0.617. The van der Waals surface area contributed by atoms with Crippen molar-refractivity contribution in [2.24, 2.45) is 5.92 Å². The summed E-state index contributed by atoms with van der Waals surface area (Å²) in [7, 11) is 0. The largest absolute Gasteiger partial charge is 0.294 e. The van der Waals surface area contributed by atoms with Crippen molar-refractivity contribution in [2.45, 2.75) is 19.3 Å².